The molecule has 3 heteroatoms. The molecule has 0 bridgehead atoms. The van der Waals surface area contributed by atoms with Gasteiger partial charge < -0.3 is 15.3 Å². The van der Waals surface area contributed by atoms with Crippen molar-refractivity contribution in [2.24, 2.45) is 11.8 Å². The first-order chi connectivity index (χ1) is 8.59. The van der Waals surface area contributed by atoms with E-state index < -0.39 is 0 Å². The van der Waals surface area contributed by atoms with Gasteiger partial charge >= 0.3 is 0 Å². The Morgan fingerprint density at radius 3 is 2.44 bits per heavy atom. The average molecular weight is 254 g/mol. The van der Waals surface area contributed by atoms with Crippen LogP contribution in [0.5, 0.6) is 0 Å². The molecule has 106 valence electrons. The van der Waals surface area contributed by atoms with Crippen LogP contribution in [-0.4, -0.2) is 48.3 Å². The third-order valence-electron chi connectivity index (χ3n) is 4.58. The van der Waals surface area contributed by atoms with Gasteiger partial charge in [-0.3, -0.25) is 0 Å². The van der Waals surface area contributed by atoms with E-state index >= 15 is 0 Å². The van der Waals surface area contributed by atoms with Gasteiger partial charge in [-0.25, -0.2) is 0 Å². The van der Waals surface area contributed by atoms with Crippen molar-refractivity contribution in [1.82, 2.24) is 10.2 Å². The SMILES string of the molecule is CCC(C)CN(C)CC(CO)(NC1CC1)C1CC1. The molecule has 2 aliphatic carbocycles. The zero-order valence-electron chi connectivity index (χ0n) is 12.3. The van der Waals surface area contributed by atoms with Crippen molar-refractivity contribution in [2.75, 3.05) is 26.7 Å². The summed E-state index contributed by atoms with van der Waals surface area (Å²) in [4.78, 5) is 2.41. The Bertz CT molecular complexity index is 263. The number of aliphatic hydroxyl groups is 1. The van der Waals surface area contributed by atoms with E-state index in [1.807, 2.05) is 0 Å². The predicted octanol–water partition coefficient (Wildman–Crippen LogP) is 1.86. The summed E-state index contributed by atoms with van der Waals surface area (Å²) in [6.07, 6.45) is 6.40. The lowest BCUT2D eigenvalue weighted by molar-refractivity contribution is 0.0935. The molecule has 0 radical (unpaired) electrons. The van der Waals surface area contributed by atoms with Crippen LogP contribution in [0.2, 0.25) is 0 Å². The van der Waals surface area contributed by atoms with E-state index in [2.05, 4.69) is 31.1 Å². The molecular weight excluding hydrogens is 224 g/mol. The van der Waals surface area contributed by atoms with E-state index in [9.17, 15) is 5.11 Å². The molecule has 0 aromatic heterocycles. The Labute approximate surface area is 112 Å². The lowest BCUT2D eigenvalue weighted by Gasteiger charge is -2.38. The zero-order valence-corrected chi connectivity index (χ0v) is 12.3. The molecule has 2 saturated carbocycles. The summed E-state index contributed by atoms with van der Waals surface area (Å²) in [5.41, 5.74) is -0.0244. The minimum absolute atomic E-state index is 0.0244. The third kappa shape index (κ3) is 3.69. The van der Waals surface area contributed by atoms with E-state index in [4.69, 9.17) is 0 Å². The number of nitrogens with zero attached hydrogens (tertiary/aromatic N) is 1. The van der Waals surface area contributed by atoms with E-state index in [-0.39, 0.29) is 5.54 Å². The quantitative estimate of drug-likeness (QED) is 0.659. The Morgan fingerprint density at radius 2 is 2.00 bits per heavy atom. The molecular formula is C15H30N2O. The van der Waals surface area contributed by atoms with Crippen LogP contribution in [0.25, 0.3) is 0 Å². The molecule has 2 rings (SSSR count). The molecule has 2 unspecified atom stereocenters. The molecule has 0 aromatic carbocycles. The van der Waals surface area contributed by atoms with Crippen LogP contribution < -0.4 is 5.32 Å². The van der Waals surface area contributed by atoms with Crippen molar-refractivity contribution in [3.05, 3.63) is 0 Å². The number of hydrogen-bond acceptors (Lipinski definition) is 3. The van der Waals surface area contributed by atoms with Gasteiger partial charge in [0.15, 0.2) is 0 Å². The van der Waals surface area contributed by atoms with Crippen molar-refractivity contribution < 1.29 is 5.11 Å². The van der Waals surface area contributed by atoms with Crippen molar-refractivity contribution in [3.8, 4) is 0 Å². The predicted molar refractivity (Wildman–Crippen MR) is 75.7 cm³/mol. The summed E-state index contributed by atoms with van der Waals surface area (Å²) in [6.45, 7) is 6.98. The van der Waals surface area contributed by atoms with E-state index in [1.165, 1.54) is 32.1 Å². The fraction of sp³-hybridized carbons (Fsp3) is 1.00. The Kier molecular flexibility index (Phi) is 4.68. The molecule has 0 spiro atoms. The molecule has 0 aromatic rings. The summed E-state index contributed by atoms with van der Waals surface area (Å²) >= 11 is 0. The van der Waals surface area contributed by atoms with Crippen LogP contribution in [0.4, 0.5) is 0 Å². The van der Waals surface area contributed by atoms with Gasteiger partial charge in [0.1, 0.15) is 0 Å². The number of likely N-dealkylation sites (N-methyl/N-ethyl adjacent to an activating group) is 1. The van der Waals surface area contributed by atoms with Crippen molar-refractivity contribution in [3.63, 3.8) is 0 Å². The van der Waals surface area contributed by atoms with Crippen molar-refractivity contribution in [2.45, 2.75) is 57.5 Å². The zero-order chi connectivity index (χ0) is 13.2. The molecule has 2 atom stereocenters. The maximum atomic E-state index is 9.91. The van der Waals surface area contributed by atoms with E-state index in [0.717, 1.165) is 19.0 Å². The van der Waals surface area contributed by atoms with Gasteiger partial charge in [0, 0.05) is 19.1 Å². The van der Waals surface area contributed by atoms with Crippen LogP contribution >= 0.6 is 0 Å². The van der Waals surface area contributed by atoms with Gasteiger partial charge in [-0.1, -0.05) is 20.3 Å². The van der Waals surface area contributed by atoms with Gasteiger partial charge in [0.05, 0.1) is 12.1 Å². The Hall–Kier alpha value is -0.120. The average Bonchev–Trinajstić information content (AvgIpc) is 3.19. The smallest absolute Gasteiger partial charge is 0.0628 e. The Balaban J connectivity index is 1.90. The maximum absolute atomic E-state index is 9.91. The standard InChI is InChI=1S/C15H30N2O/c1-4-12(2)9-17(3)10-15(11-18,13-5-6-13)16-14-7-8-14/h12-14,16,18H,4-11H2,1-3H3. The molecule has 0 heterocycles. The van der Waals surface area contributed by atoms with Crippen LogP contribution in [0.15, 0.2) is 0 Å². The fourth-order valence-electron chi connectivity index (χ4n) is 2.99. The molecule has 0 aliphatic heterocycles. The van der Waals surface area contributed by atoms with Gasteiger partial charge in [-0.2, -0.15) is 0 Å². The van der Waals surface area contributed by atoms with Gasteiger partial charge in [0.25, 0.3) is 0 Å². The largest absolute Gasteiger partial charge is 0.394 e. The van der Waals surface area contributed by atoms with Gasteiger partial charge in [-0.15, -0.1) is 0 Å². The van der Waals surface area contributed by atoms with Crippen LogP contribution in [0.1, 0.15) is 46.0 Å². The molecule has 2 fully saturated rings. The second-order valence-electron chi connectivity index (χ2n) is 6.72. The maximum Gasteiger partial charge on any atom is 0.0628 e. The van der Waals surface area contributed by atoms with E-state index in [0.29, 0.717) is 18.6 Å². The summed E-state index contributed by atoms with van der Waals surface area (Å²) in [5, 5.41) is 13.7. The topological polar surface area (TPSA) is 35.5 Å². The third-order valence-corrected chi connectivity index (χ3v) is 4.58. The molecule has 0 amide bonds. The first kappa shape index (κ1) is 14.3. The molecule has 2 N–H and O–H groups in total. The Morgan fingerprint density at radius 1 is 1.33 bits per heavy atom. The highest BCUT2D eigenvalue weighted by molar-refractivity contribution is 5.06. The summed E-state index contributed by atoms with van der Waals surface area (Å²) < 4.78 is 0. The van der Waals surface area contributed by atoms with Crippen molar-refractivity contribution in [1.29, 1.82) is 0 Å². The number of aliphatic hydroxyl groups excluding tert-OH is 1. The first-order valence-electron chi connectivity index (χ1n) is 7.66. The summed E-state index contributed by atoms with van der Waals surface area (Å²) in [7, 11) is 2.20. The van der Waals surface area contributed by atoms with E-state index in [1.54, 1.807) is 0 Å². The molecule has 2 aliphatic rings. The summed E-state index contributed by atoms with van der Waals surface area (Å²) in [5.74, 6) is 1.44. The second kappa shape index (κ2) is 5.89. The van der Waals surface area contributed by atoms with Crippen LogP contribution in [0.3, 0.4) is 0 Å². The lowest BCUT2D eigenvalue weighted by Crippen LogP contribution is -2.58. The second-order valence-corrected chi connectivity index (χ2v) is 6.72. The minimum atomic E-state index is -0.0244. The number of rotatable bonds is 9. The van der Waals surface area contributed by atoms with Crippen LogP contribution in [-0.2, 0) is 0 Å². The summed E-state index contributed by atoms with van der Waals surface area (Å²) in [6, 6.07) is 0.676. The van der Waals surface area contributed by atoms with Crippen LogP contribution in [0, 0.1) is 11.8 Å². The van der Waals surface area contributed by atoms with Crippen molar-refractivity contribution >= 4 is 0 Å². The highest BCUT2D eigenvalue weighted by Gasteiger charge is 2.47. The number of nitrogens with one attached hydrogen (secondary N) is 1. The highest BCUT2D eigenvalue weighted by Crippen LogP contribution is 2.41. The molecule has 3 nitrogen and oxygen atoms in total. The fourth-order valence-corrected chi connectivity index (χ4v) is 2.99. The van der Waals surface area contributed by atoms with Gasteiger partial charge in [-0.05, 0) is 44.6 Å². The lowest BCUT2D eigenvalue weighted by atomic mass is 9.92. The number of hydrogen-bond donors (Lipinski definition) is 2. The minimum Gasteiger partial charge on any atom is -0.394 e. The monoisotopic (exact) mass is 254 g/mol. The molecule has 0 saturated heterocycles. The molecule has 18 heavy (non-hydrogen) atoms. The van der Waals surface area contributed by atoms with Gasteiger partial charge in [0.2, 0.25) is 0 Å². The first-order valence-corrected chi connectivity index (χ1v) is 7.66. The normalized spacial score (nSPS) is 25.2. The highest BCUT2D eigenvalue weighted by atomic mass is 16.3.